The normalized spacial score (nSPS) is 24.0. The first-order valence-corrected chi connectivity index (χ1v) is 5.87. The van der Waals surface area contributed by atoms with E-state index in [1.807, 2.05) is 18.2 Å². The van der Waals surface area contributed by atoms with Crippen LogP contribution in [0.4, 0.5) is 5.69 Å². The number of hydrogen-bond acceptors (Lipinski definition) is 2. The van der Waals surface area contributed by atoms with Crippen LogP contribution in [0, 0.1) is 10.1 Å². The van der Waals surface area contributed by atoms with E-state index in [1.165, 1.54) is 6.07 Å². The van der Waals surface area contributed by atoms with Gasteiger partial charge in [-0.25, -0.2) is 0 Å². The predicted octanol–water partition coefficient (Wildman–Crippen LogP) is 4.03. The Balaban J connectivity index is 2.28. The summed E-state index contributed by atoms with van der Waals surface area (Å²) in [7, 11) is 0. The third-order valence-corrected chi connectivity index (χ3v) is 3.78. The second-order valence-electron chi connectivity index (χ2n) is 4.09. The van der Waals surface area contributed by atoms with Crippen LogP contribution in [-0.4, -0.2) is 4.92 Å². The van der Waals surface area contributed by atoms with E-state index < -0.39 is 0 Å². The molecule has 0 aromatic heterocycles. The summed E-state index contributed by atoms with van der Waals surface area (Å²) in [4.78, 5) is 10.7. The highest BCUT2D eigenvalue weighted by atomic mass is 35.5. The minimum Gasteiger partial charge on any atom is -0.258 e. The van der Waals surface area contributed by atoms with Gasteiger partial charge in [0.15, 0.2) is 0 Å². The Kier molecular flexibility index (Phi) is 2.28. The molecule has 1 aromatic rings. The van der Waals surface area contributed by atoms with E-state index in [9.17, 15) is 10.1 Å². The molecule has 3 rings (SSSR count). The second kappa shape index (κ2) is 3.59. The fourth-order valence-electron chi connectivity index (χ4n) is 2.72. The first-order valence-electron chi connectivity index (χ1n) is 5.12. The summed E-state index contributed by atoms with van der Waals surface area (Å²) in [5, 5.41) is 11.0. The Morgan fingerprint density at radius 3 is 2.59 bits per heavy atom. The van der Waals surface area contributed by atoms with Gasteiger partial charge >= 0.3 is 0 Å². The van der Waals surface area contributed by atoms with E-state index in [0.29, 0.717) is 0 Å². The van der Waals surface area contributed by atoms with Crippen LogP contribution in [0.15, 0.2) is 40.4 Å². The van der Waals surface area contributed by atoms with Gasteiger partial charge in [-0.2, -0.15) is 0 Å². The molecule has 2 aliphatic carbocycles. The van der Waals surface area contributed by atoms with Crippen LogP contribution in [0.3, 0.4) is 0 Å². The van der Waals surface area contributed by atoms with Crippen molar-refractivity contribution in [2.75, 3.05) is 0 Å². The average molecular weight is 268 g/mol. The van der Waals surface area contributed by atoms with Crippen LogP contribution in [0.2, 0.25) is 0 Å². The highest BCUT2D eigenvalue weighted by molar-refractivity contribution is 6.56. The van der Waals surface area contributed by atoms with Gasteiger partial charge in [-0.1, -0.05) is 47.5 Å². The Bertz CT molecular complexity index is 588. The third-order valence-electron chi connectivity index (χ3n) is 3.34. The number of benzene rings is 1. The predicted molar refractivity (Wildman–Crippen MR) is 66.5 cm³/mol. The van der Waals surface area contributed by atoms with Crippen molar-refractivity contribution in [3.63, 3.8) is 0 Å². The molecular weight excluding hydrogens is 261 g/mol. The Labute approximate surface area is 107 Å². The molecule has 0 unspecified atom stereocenters. The maximum Gasteiger partial charge on any atom is 0.273 e. The molecule has 0 fully saturated rings. The summed E-state index contributed by atoms with van der Waals surface area (Å²) >= 11 is 11.7. The molecule has 5 heteroatoms. The average Bonchev–Trinajstić information content (AvgIpc) is 2.84. The van der Waals surface area contributed by atoms with E-state index in [2.05, 4.69) is 0 Å². The summed E-state index contributed by atoms with van der Waals surface area (Å²) in [5.74, 6) is -0.138. The summed E-state index contributed by atoms with van der Waals surface area (Å²) in [6.07, 6.45) is 3.93. The van der Waals surface area contributed by atoms with Crippen LogP contribution < -0.4 is 0 Å². The smallest absolute Gasteiger partial charge is 0.258 e. The molecule has 3 nitrogen and oxygen atoms in total. The van der Waals surface area contributed by atoms with Crippen molar-refractivity contribution in [3.05, 3.63) is 61.7 Å². The van der Waals surface area contributed by atoms with Crippen molar-refractivity contribution in [2.24, 2.45) is 0 Å². The minimum absolute atomic E-state index is 0.0000926. The van der Waals surface area contributed by atoms with E-state index in [-0.39, 0.29) is 26.9 Å². The summed E-state index contributed by atoms with van der Waals surface area (Å²) < 4.78 is 0.218. The van der Waals surface area contributed by atoms with Gasteiger partial charge in [0.1, 0.15) is 4.49 Å². The van der Waals surface area contributed by atoms with E-state index in [0.717, 1.165) is 16.7 Å². The summed E-state index contributed by atoms with van der Waals surface area (Å²) in [6.45, 7) is 0. The number of halogens is 2. The second-order valence-corrected chi connectivity index (χ2v) is 5.04. The monoisotopic (exact) mass is 267 g/mol. The molecule has 0 radical (unpaired) electrons. The lowest BCUT2D eigenvalue weighted by Gasteiger charge is -2.08. The molecule has 0 amide bonds. The zero-order valence-corrected chi connectivity index (χ0v) is 10.1. The largest absolute Gasteiger partial charge is 0.273 e. The van der Waals surface area contributed by atoms with Gasteiger partial charge in [-0.15, -0.1) is 0 Å². The molecule has 2 bridgehead atoms. The number of allylic oxidation sites excluding steroid dienone is 3. The molecule has 0 heterocycles. The van der Waals surface area contributed by atoms with E-state index in [4.69, 9.17) is 23.2 Å². The van der Waals surface area contributed by atoms with Gasteiger partial charge in [0.05, 0.1) is 4.92 Å². The van der Waals surface area contributed by atoms with E-state index in [1.54, 1.807) is 6.07 Å². The van der Waals surface area contributed by atoms with Gasteiger partial charge < -0.3 is 0 Å². The molecule has 2 aliphatic rings. The molecule has 0 saturated heterocycles. The molecule has 0 N–H and O–H groups in total. The lowest BCUT2D eigenvalue weighted by Crippen LogP contribution is -1.99. The summed E-state index contributed by atoms with van der Waals surface area (Å²) in [6, 6.07) is 5.12. The first kappa shape index (κ1) is 10.8. The van der Waals surface area contributed by atoms with Gasteiger partial charge in [0.2, 0.25) is 0 Å². The number of nitrogens with zero attached hydrogens (tertiary/aromatic N) is 1. The molecule has 1 aromatic carbocycles. The fourth-order valence-corrected chi connectivity index (χ4v) is 3.19. The molecule has 0 spiro atoms. The van der Waals surface area contributed by atoms with Crippen LogP contribution in [0.1, 0.15) is 23.0 Å². The third kappa shape index (κ3) is 1.36. The first-order chi connectivity index (χ1) is 8.11. The lowest BCUT2D eigenvalue weighted by atomic mass is 9.95. The van der Waals surface area contributed by atoms with Crippen molar-refractivity contribution < 1.29 is 4.92 Å². The number of nitro groups is 1. The molecule has 2 atom stereocenters. The van der Waals surface area contributed by atoms with E-state index >= 15 is 0 Å². The SMILES string of the molecule is O=[N+]([O-])c1cccc2c1[C@H]1C=C[C@@H]2C1=C(Cl)Cl. The van der Waals surface area contributed by atoms with Gasteiger partial charge in [0.25, 0.3) is 5.69 Å². The molecular formula is C12H7Cl2NO2. The fraction of sp³-hybridized carbons (Fsp3) is 0.167. The van der Waals surface area contributed by atoms with Crippen LogP contribution in [-0.2, 0) is 0 Å². The van der Waals surface area contributed by atoms with Gasteiger partial charge in [0, 0.05) is 23.5 Å². The molecule has 86 valence electrons. The highest BCUT2D eigenvalue weighted by Crippen LogP contribution is 2.56. The van der Waals surface area contributed by atoms with Gasteiger partial charge in [-0.3, -0.25) is 10.1 Å². The standard InChI is InChI=1S/C12H7Cl2NO2/c13-12(14)11-7-4-5-8(11)10-6(7)2-1-3-9(10)15(16)17/h1-5,7-8H/t7-,8+/m0/s1. The van der Waals surface area contributed by atoms with Crippen LogP contribution in [0.25, 0.3) is 0 Å². The number of hydrogen-bond donors (Lipinski definition) is 0. The zero-order valence-electron chi connectivity index (χ0n) is 8.56. The Morgan fingerprint density at radius 1 is 1.24 bits per heavy atom. The summed E-state index contributed by atoms with van der Waals surface area (Å²) in [5.41, 5.74) is 2.68. The number of rotatable bonds is 1. The quantitative estimate of drug-likeness (QED) is 0.438. The molecule has 0 aliphatic heterocycles. The van der Waals surface area contributed by atoms with Crippen molar-refractivity contribution >= 4 is 28.9 Å². The maximum absolute atomic E-state index is 11.0. The Hall–Kier alpha value is -1.32. The minimum atomic E-state index is -0.354. The van der Waals surface area contributed by atoms with Crippen molar-refractivity contribution in [3.8, 4) is 0 Å². The zero-order chi connectivity index (χ0) is 12.2. The van der Waals surface area contributed by atoms with Crippen LogP contribution in [0.5, 0.6) is 0 Å². The maximum atomic E-state index is 11.0. The molecule has 17 heavy (non-hydrogen) atoms. The topological polar surface area (TPSA) is 43.1 Å². The van der Waals surface area contributed by atoms with Crippen LogP contribution >= 0.6 is 23.2 Å². The lowest BCUT2D eigenvalue weighted by molar-refractivity contribution is -0.385. The number of nitro benzene ring substituents is 1. The van der Waals surface area contributed by atoms with Gasteiger partial charge in [-0.05, 0) is 11.1 Å². The molecule has 0 saturated carbocycles. The highest BCUT2D eigenvalue weighted by Gasteiger charge is 2.43. The van der Waals surface area contributed by atoms with Crippen molar-refractivity contribution in [2.45, 2.75) is 11.8 Å². The van der Waals surface area contributed by atoms with Crippen molar-refractivity contribution in [1.29, 1.82) is 0 Å². The Morgan fingerprint density at radius 2 is 1.94 bits per heavy atom. The number of fused-ring (bicyclic) bond motifs is 5. The van der Waals surface area contributed by atoms with Crippen molar-refractivity contribution in [1.82, 2.24) is 0 Å².